The van der Waals surface area contributed by atoms with Crippen LogP contribution in [0.1, 0.15) is 19.8 Å². The molecule has 1 aliphatic rings. The maximum atomic E-state index is 10.6. The number of likely N-dealkylation sites (N-methyl/N-ethyl adjacent to an activating group) is 1. The minimum atomic E-state index is -0.709. The Bertz CT molecular complexity index is 255. The van der Waals surface area contributed by atoms with Gasteiger partial charge in [-0.1, -0.05) is 6.08 Å². The van der Waals surface area contributed by atoms with Crippen LogP contribution in [0.15, 0.2) is 12.7 Å². The lowest BCUT2D eigenvalue weighted by Gasteiger charge is -2.44. The van der Waals surface area contributed by atoms with E-state index >= 15 is 0 Å². The smallest absolute Gasteiger partial charge is 0.303 e. The summed E-state index contributed by atoms with van der Waals surface area (Å²) >= 11 is 0. The third-order valence-corrected chi connectivity index (χ3v) is 3.16. The molecule has 0 aromatic heterocycles. The van der Waals surface area contributed by atoms with Crippen molar-refractivity contribution in [1.82, 2.24) is 9.80 Å². The minimum Gasteiger partial charge on any atom is -0.481 e. The van der Waals surface area contributed by atoms with Gasteiger partial charge in [-0.15, -0.1) is 6.58 Å². The Labute approximate surface area is 97.5 Å². The van der Waals surface area contributed by atoms with Crippen LogP contribution in [0.3, 0.4) is 0 Å². The minimum absolute atomic E-state index is 0.249. The number of piperazine rings is 1. The third kappa shape index (κ3) is 3.61. The van der Waals surface area contributed by atoms with E-state index < -0.39 is 5.97 Å². The lowest BCUT2D eigenvalue weighted by molar-refractivity contribution is -0.137. The molecule has 1 aliphatic heterocycles. The Morgan fingerprint density at radius 1 is 1.56 bits per heavy atom. The van der Waals surface area contributed by atoms with E-state index in [0.717, 1.165) is 26.1 Å². The zero-order valence-corrected chi connectivity index (χ0v) is 10.2. The summed E-state index contributed by atoms with van der Waals surface area (Å²) in [5.41, 5.74) is 0. The molecule has 1 saturated heterocycles. The molecule has 1 heterocycles. The molecule has 4 nitrogen and oxygen atoms in total. The van der Waals surface area contributed by atoms with Crippen molar-refractivity contribution in [2.24, 2.45) is 0 Å². The molecular formula is C12H22N2O2. The average molecular weight is 226 g/mol. The molecule has 2 unspecified atom stereocenters. The van der Waals surface area contributed by atoms with Gasteiger partial charge >= 0.3 is 5.97 Å². The first-order chi connectivity index (χ1) is 7.54. The maximum absolute atomic E-state index is 10.6. The summed E-state index contributed by atoms with van der Waals surface area (Å²) in [5, 5.41) is 8.74. The van der Waals surface area contributed by atoms with Gasteiger partial charge in [0.25, 0.3) is 0 Å². The largest absolute Gasteiger partial charge is 0.481 e. The zero-order chi connectivity index (χ0) is 12.1. The van der Waals surface area contributed by atoms with Crippen molar-refractivity contribution in [2.45, 2.75) is 31.8 Å². The second kappa shape index (κ2) is 6.01. The lowest BCUT2D eigenvalue weighted by Crippen LogP contribution is -2.56. The Morgan fingerprint density at radius 2 is 2.25 bits per heavy atom. The Balaban J connectivity index is 2.59. The molecule has 0 amide bonds. The van der Waals surface area contributed by atoms with Crippen molar-refractivity contribution >= 4 is 5.97 Å². The van der Waals surface area contributed by atoms with E-state index in [-0.39, 0.29) is 6.42 Å². The molecule has 1 rings (SSSR count). The number of carbonyl (C=O) groups is 1. The molecule has 4 heteroatoms. The SMILES string of the molecule is C=CCN1C(C)CN(C)CC1CCC(=O)O. The summed E-state index contributed by atoms with van der Waals surface area (Å²) in [6.45, 7) is 8.79. The van der Waals surface area contributed by atoms with Crippen LogP contribution in [0.2, 0.25) is 0 Å². The number of hydrogen-bond donors (Lipinski definition) is 1. The van der Waals surface area contributed by atoms with Crippen LogP contribution in [0.4, 0.5) is 0 Å². The highest BCUT2D eigenvalue weighted by molar-refractivity contribution is 5.66. The van der Waals surface area contributed by atoms with Gasteiger partial charge in [0.2, 0.25) is 0 Å². The normalized spacial score (nSPS) is 27.9. The first kappa shape index (κ1) is 13.2. The van der Waals surface area contributed by atoms with E-state index in [0.29, 0.717) is 12.1 Å². The Morgan fingerprint density at radius 3 is 2.81 bits per heavy atom. The van der Waals surface area contributed by atoms with Crippen LogP contribution in [0.25, 0.3) is 0 Å². The van der Waals surface area contributed by atoms with Crippen LogP contribution in [-0.4, -0.2) is 59.6 Å². The first-order valence-corrected chi connectivity index (χ1v) is 5.81. The fourth-order valence-electron chi connectivity index (χ4n) is 2.48. The van der Waals surface area contributed by atoms with Crippen molar-refractivity contribution in [3.63, 3.8) is 0 Å². The number of aliphatic carboxylic acids is 1. The van der Waals surface area contributed by atoms with Crippen LogP contribution in [-0.2, 0) is 4.79 Å². The van der Waals surface area contributed by atoms with E-state index in [1.54, 1.807) is 0 Å². The predicted octanol–water partition coefficient (Wildman–Crippen LogP) is 1.04. The van der Waals surface area contributed by atoms with Gasteiger partial charge in [-0.25, -0.2) is 0 Å². The molecule has 16 heavy (non-hydrogen) atoms. The standard InChI is InChI=1S/C12H22N2O2/c1-4-7-14-10(2)8-13(3)9-11(14)5-6-12(15)16/h4,10-11H,1,5-9H2,2-3H3,(H,15,16). The van der Waals surface area contributed by atoms with Crippen LogP contribution >= 0.6 is 0 Å². The van der Waals surface area contributed by atoms with E-state index in [2.05, 4.69) is 30.4 Å². The molecule has 0 saturated carbocycles. The molecule has 0 radical (unpaired) electrons. The van der Waals surface area contributed by atoms with Crippen molar-refractivity contribution < 1.29 is 9.90 Å². The van der Waals surface area contributed by atoms with Gasteiger partial charge in [-0.3, -0.25) is 9.69 Å². The molecule has 1 fully saturated rings. The summed E-state index contributed by atoms with van der Waals surface area (Å²) < 4.78 is 0. The lowest BCUT2D eigenvalue weighted by atomic mass is 10.0. The molecule has 1 N–H and O–H groups in total. The first-order valence-electron chi connectivity index (χ1n) is 5.81. The molecule has 92 valence electrons. The summed E-state index contributed by atoms with van der Waals surface area (Å²) in [6, 6.07) is 0.804. The Kier molecular flexibility index (Phi) is 4.96. The van der Waals surface area contributed by atoms with Crippen molar-refractivity contribution in [2.75, 3.05) is 26.7 Å². The fraction of sp³-hybridized carbons (Fsp3) is 0.750. The van der Waals surface area contributed by atoms with Crippen molar-refractivity contribution in [1.29, 1.82) is 0 Å². The van der Waals surface area contributed by atoms with Gasteiger partial charge in [0.05, 0.1) is 0 Å². The number of nitrogens with zero attached hydrogens (tertiary/aromatic N) is 2. The summed E-state index contributed by atoms with van der Waals surface area (Å²) in [4.78, 5) is 15.2. The topological polar surface area (TPSA) is 43.8 Å². The van der Waals surface area contributed by atoms with Crippen LogP contribution < -0.4 is 0 Å². The number of rotatable bonds is 5. The average Bonchev–Trinajstić information content (AvgIpc) is 2.19. The quantitative estimate of drug-likeness (QED) is 0.711. The number of carboxylic acids is 1. The molecule has 0 bridgehead atoms. The van der Waals surface area contributed by atoms with Crippen LogP contribution in [0, 0.1) is 0 Å². The zero-order valence-electron chi connectivity index (χ0n) is 10.2. The van der Waals surface area contributed by atoms with E-state index in [4.69, 9.17) is 5.11 Å². The molecule has 2 atom stereocenters. The highest BCUT2D eigenvalue weighted by atomic mass is 16.4. The van der Waals surface area contributed by atoms with Crippen molar-refractivity contribution in [3.05, 3.63) is 12.7 Å². The molecular weight excluding hydrogens is 204 g/mol. The predicted molar refractivity (Wildman–Crippen MR) is 64.5 cm³/mol. The highest BCUT2D eigenvalue weighted by Crippen LogP contribution is 2.18. The van der Waals surface area contributed by atoms with E-state index in [1.807, 2.05) is 6.08 Å². The summed E-state index contributed by atoms with van der Waals surface area (Å²) in [7, 11) is 2.09. The van der Waals surface area contributed by atoms with Gasteiger partial charge in [-0.05, 0) is 20.4 Å². The van der Waals surface area contributed by atoms with Gasteiger partial charge in [0.1, 0.15) is 0 Å². The van der Waals surface area contributed by atoms with E-state index in [9.17, 15) is 4.79 Å². The highest BCUT2D eigenvalue weighted by Gasteiger charge is 2.29. The van der Waals surface area contributed by atoms with Gasteiger partial charge in [-0.2, -0.15) is 0 Å². The monoisotopic (exact) mass is 226 g/mol. The van der Waals surface area contributed by atoms with E-state index in [1.165, 1.54) is 0 Å². The van der Waals surface area contributed by atoms with Gasteiger partial charge in [0.15, 0.2) is 0 Å². The summed E-state index contributed by atoms with van der Waals surface area (Å²) in [6.07, 6.45) is 2.87. The number of carboxylic acid groups (broad SMARTS) is 1. The second-order valence-electron chi connectivity index (χ2n) is 4.64. The molecule has 0 aromatic rings. The van der Waals surface area contributed by atoms with Crippen LogP contribution in [0.5, 0.6) is 0 Å². The molecule has 0 spiro atoms. The second-order valence-corrected chi connectivity index (χ2v) is 4.64. The van der Waals surface area contributed by atoms with Gasteiger partial charge in [0, 0.05) is 38.1 Å². The number of hydrogen-bond acceptors (Lipinski definition) is 3. The molecule has 0 aromatic carbocycles. The summed E-state index contributed by atoms with van der Waals surface area (Å²) in [5.74, 6) is -0.709. The fourth-order valence-corrected chi connectivity index (χ4v) is 2.48. The maximum Gasteiger partial charge on any atom is 0.303 e. The molecule has 0 aliphatic carbocycles. The Hall–Kier alpha value is -0.870. The van der Waals surface area contributed by atoms with Gasteiger partial charge < -0.3 is 10.0 Å². The van der Waals surface area contributed by atoms with Crippen molar-refractivity contribution in [3.8, 4) is 0 Å². The third-order valence-electron chi connectivity index (χ3n) is 3.16.